The molecule has 1 aliphatic heterocycles. The summed E-state index contributed by atoms with van der Waals surface area (Å²) in [4.78, 5) is 5.27. The second-order valence-electron chi connectivity index (χ2n) is 7.32. The van der Waals surface area contributed by atoms with Gasteiger partial charge in [0.05, 0.1) is 0 Å². The first-order chi connectivity index (χ1) is 12.3. The molecule has 2 N–H and O–H groups in total. The zero-order valence-corrected chi connectivity index (χ0v) is 15.9. The predicted molar refractivity (Wildman–Crippen MR) is 109 cm³/mol. The molecule has 2 rings (SSSR count). The van der Waals surface area contributed by atoms with Crippen molar-refractivity contribution in [3.05, 3.63) is 48.6 Å². The standard InChI is InChI=1S/C22H37N3/c1-2-11-22-14-6-7-18-25(22)19-9-8-16-24(17-10-15-23)20-21-12-4-3-5-13-21/h2-5,12-13,22H,1,6-11,14-20,23H2/t22-/m1/s1. The first kappa shape index (κ1) is 20.2. The molecule has 3 nitrogen and oxygen atoms in total. The maximum atomic E-state index is 5.72. The van der Waals surface area contributed by atoms with E-state index in [-0.39, 0.29) is 0 Å². The molecule has 0 saturated carbocycles. The fraction of sp³-hybridized carbons (Fsp3) is 0.636. The van der Waals surface area contributed by atoms with E-state index in [0.29, 0.717) is 0 Å². The van der Waals surface area contributed by atoms with E-state index in [4.69, 9.17) is 5.73 Å². The Bertz CT molecular complexity index is 460. The zero-order valence-electron chi connectivity index (χ0n) is 15.9. The highest BCUT2D eigenvalue weighted by molar-refractivity contribution is 5.14. The Hall–Kier alpha value is -1.16. The Kier molecular flexibility index (Phi) is 9.86. The minimum Gasteiger partial charge on any atom is -0.330 e. The summed E-state index contributed by atoms with van der Waals surface area (Å²) in [5.41, 5.74) is 7.13. The van der Waals surface area contributed by atoms with Gasteiger partial charge in [0.25, 0.3) is 0 Å². The summed E-state index contributed by atoms with van der Waals surface area (Å²) in [7, 11) is 0. The fourth-order valence-corrected chi connectivity index (χ4v) is 3.89. The highest BCUT2D eigenvalue weighted by Gasteiger charge is 2.20. The Labute approximate surface area is 154 Å². The lowest BCUT2D eigenvalue weighted by atomic mass is 9.99. The first-order valence-electron chi connectivity index (χ1n) is 10.1. The lowest BCUT2D eigenvalue weighted by molar-refractivity contribution is 0.143. The molecule has 140 valence electrons. The number of rotatable bonds is 12. The molecule has 0 spiro atoms. The van der Waals surface area contributed by atoms with Gasteiger partial charge in [0.15, 0.2) is 0 Å². The van der Waals surface area contributed by atoms with E-state index in [1.165, 1.54) is 57.3 Å². The third-order valence-corrected chi connectivity index (χ3v) is 5.28. The fourth-order valence-electron chi connectivity index (χ4n) is 3.89. The van der Waals surface area contributed by atoms with Gasteiger partial charge in [0.2, 0.25) is 0 Å². The molecule has 1 aromatic rings. The van der Waals surface area contributed by atoms with E-state index < -0.39 is 0 Å². The number of nitrogens with two attached hydrogens (primary N) is 1. The quantitative estimate of drug-likeness (QED) is 0.459. The third-order valence-electron chi connectivity index (χ3n) is 5.28. The van der Waals surface area contributed by atoms with Crippen LogP contribution in [0.3, 0.4) is 0 Å². The van der Waals surface area contributed by atoms with Gasteiger partial charge < -0.3 is 10.6 Å². The molecule has 0 aliphatic carbocycles. The van der Waals surface area contributed by atoms with Crippen LogP contribution in [0.15, 0.2) is 43.0 Å². The Balaban J connectivity index is 1.72. The summed E-state index contributed by atoms with van der Waals surface area (Å²) >= 11 is 0. The zero-order chi connectivity index (χ0) is 17.7. The smallest absolute Gasteiger partial charge is 0.0233 e. The van der Waals surface area contributed by atoms with E-state index in [0.717, 1.165) is 38.5 Å². The van der Waals surface area contributed by atoms with Crippen molar-refractivity contribution in [2.24, 2.45) is 5.73 Å². The van der Waals surface area contributed by atoms with Crippen molar-refractivity contribution in [3.8, 4) is 0 Å². The topological polar surface area (TPSA) is 32.5 Å². The number of hydrogen-bond donors (Lipinski definition) is 1. The molecule has 0 unspecified atom stereocenters. The number of hydrogen-bond acceptors (Lipinski definition) is 3. The molecule has 0 bridgehead atoms. The maximum Gasteiger partial charge on any atom is 0.0233 e. The lowest BCUT2D eigenvalue weighted by Gasteiger charge is -2.35. The second kappa shape index (κ2) is 12.2. The molecular formula is C22H37N3. The van der Waals surface area contributed by atoms with Crippen molar-refractivity contribution < 1.29 is 0 Å². The number of benzene rings is 1. The summed E-state index contributed by atoms with van der Waals surface area (Å²) in [6.45, 7) is 10.6. The summed E-state index contributed by atoms with van der Waals surface area (Å²) in [6, 6.07) is 11.5. The largest absolute Gasteiger partial charge is 0.330 e. The minimum atomic E-state index is 0.740. The van der Waals surface area contributed by atoms with Crippen LogP contribution >= 0.6 is 0 Å². The molecule has 1 aromatic carbocycles. The predicted octanol–water partition coefficient (Wildman–Crippen LogP) is 4.05. The molecule has 1 aliphatic rings. The van der Waals surface area contributed by atoms with Gasteiger partial charge in [-0.05, 0) is 76.8 Å². The van der Waals surface area contributed by atoms with Crippen LogP contribution in [0.1, 0.15) is 50.5 Å². The molecule has 3 heteroatoms. The number of unbranched alkanes of at least 4 members (excludes halogenated alkanes) is 1. The van der Waals surface area contributed by atoms with Crippen LogP contribution in [0.25, 0.3) is 0 Å². The van der Waals surface area contributed by atoms with Crippen LogP contribution in [0.2, 0.25) is 0 Å². The second-order valence-corrected chi connectivity index (χ2v) is 7.32. The molecule has 25 heavy (non-hydrogen) atoms. The van der Waals surface area contributed by atoms with Gasteiger partial charge in [0.1, 0.15) is 0 Å². The van der Waals surface area contributed by atoms with Crippen LogP contribution < -0.4 is 5.73 Å². The van der Waals surface area contributed by atoms with Crippen molar-refractivity contribution in [1.29, 1.82) is 0 Å². The molecular weight excluding hydrogens is 306 g/mol. The minimum absolute atomic E-state index is 0.740. The van der Waals surface area contributed by atoms with Gasteiger partial charge in [-0.3, -0.25) is 4.90 Å². The molecule has 0 radical (unpaired) electrons. The van der Waals surface area contributed by atoms with Crippen molar-refractivity contribution in [2.45, 2.75) is 57.5 Å². The van der Waals surface area contributed by atoms with Crippen molar-refractivity contribution >= 4 is 0 Å². The third kappa shape index (κ3) is 7.72. The van der Waals surface area contributed by atoms with Gasteiger partial charge in [-0.1, -0.05) is 42.8 Å². The van der Waals surface area contributed by atoms with Crippen LogP contribution in [0, 0.1) is 0 Å². The summed E-state index contributed by atoms with van der Waals surface area (Å²) in [5, 5.41) is 0. The van der Waals surface area contributed by atoms with Gasteiger partial charge in [0, 0.05) is 12.6 Å². The Morgan fingerprint density at radius 1 is 1.12 bits per heavy atom. The van der Waals surface area contributed by atoms with Gasteiger partial charge >= 0.3 is 0 Å². The average molecular weight is 344 g/mol. The molecule has 1 saturated heterocycles. The summed E-state index contributed by atoms with van der Waals surface area (Å²) in [5.74, 6) is 0. The molecule has 0 amide bonds. The van der Waals surface area contributed by atoms with Gasteiger partial charge in [-0.15, -0.1) is 6.58 Å². The van der Waals surface area contributed by atoms with Crippen molar-refractivity contribution in [1.82, 2.24) is 9.80 Å². The molecule has 0 aromatic heterocycles. The summed E-state index contributed by atoms with van der Waals surface area (Å²) in [6.07, 6.45) is 11.0. The average Bonchev–Trinajstić information content (AvgIpc) is 2.65. The first-order valence-corrected chi connectivity index (χ1v) is 10.1. The lowest BCUT2D eigenvalue weighted by Crippen LogP contribution is -2.40. The van der Waals surface area contributed by atoms with Gasteiger partial charge in [-0.2, -0.15) is 0 Å². The molecule has 1 atom stereocenters. The molecule has 1 heterocycles. The van der Waals surface area contributed by atoms with Crippen LogP contribution in [-0.2, 0) is 6.54 Å². The Morgan fingerprint density at radius 3 is 2.68 bits per heavy atom. The van der Waals surface area contributed by atoms with Crippen LogP contribution in [0.5, 0.6) is 0 Å². The monoisotopic (exact) mass is 343 g/mol. The maximum absolute atomic E-state index is 5.72. The van der Waals surface area contributed by atoms with E-state index in [1.807, 2.05) is 0 Å². The van der Waals surface area contributed by atoms with Crippen molar-refractivity contribution in [2.75, 3.05) is 32.7 Å². The van der Waals surface area contributed by atoms with Crippen LogP contribution in [0.4, 0.5) is 0 Å². The van der Waals surface area contributed by atoms with E-state index in [2.05, 4.69) is 52.8 Å². The van der Waals surface area contributed by atoms with Crippen molar-refractivity contribution in [3.63, 3.8) is 0 Å². The Morgan fingerprint density at radius 2 is 1.92 bits per heavy atom. The van der Waals surface area contributed by atoms with E-state index >= 15 is 0 Å². The highest BCUT2D eigenvalue weighted by atomic mass is 15.2. The van der Waals surface area contributed by atoms with E-state index in [1.54, 1.807) is 0 Å². The van der Waals surface area contributed by atoms with Crippen LogP contribution in [-0.4, -0.2) is 48.6 Å². The normalized spacial score (nSPS) is 18.6. The SMILES string of the molecule is C=CC[C@@H]1CCCCN1CCCCN(CCCN)Cc1ccccc1. The number of likely N-dealkylation sites (tertiary alicyclic amines) is 1. The number of piperidine rings is 1. The highest BCUT2D eigenvalue weighted by Crippen LogP contribution is 2.20. The van der Waals surface area contributed by atoms with Gasteiger partial charge in [-0.25, -0.2) is 0 Å². The summed E-state index contributed by atoms with van der Waals surface area (Å²) < 4.78 is 0. The van der Waals surface area contributed by atoms with E-state index in [9.17, 15) is 0 Å². The number of nitrogens with zero attached hydrogens (tertiary/aromatic N) is 2. The molecule has 1 fully saturated rings.